The molecule has 2 aromatic carbocycles. The van der Waals surface area contributed by atoms with E-state index in [0.717, 1.165) is 5.56 Å². The van der Waals surface area contributed by atoms with Crippen molar-refractivity contribution in [3.8, 4) is 11.3 Å². The van der Waals surface area contributed by atoms with Gasteiger partial charge in [-0.25, -0.2) is 14.1 Å². The number of benzene rings is 2. The average Bonchev–Trinajstić information content (AvgIpc) is 2.67. The van der Waals surface area contributed by atoms with Gasteiger partial charge < -0.3 is 0 Å². The largest absolute Gasteiger partial charge is 0.295 e. The molecule has 4 aromatic rings. The number of hydrogen-bond donors (Lipinski definition) is 0. The van der Waals surface area contributed by atoms with Gasteiger partial charge in [0.15, 0.2) is 5.52 Å². The lowest BCUT2D eigenvalue weighted by molar-refractivity contribution is 0.627. The van der Waals surface area contributed by atoms with Crippen LogP contribution in [0.1, 0.15) is 5.56 Å². The Hall–Kier alpha value is -3.12. The molecule has 5 nitrogen and oxygen atoms in total. The lowest BCUT2D eigenvalue weighted by Gasteiger charge is -2.10. The number of nitrogens with zero attached hydrogens (tertiary/aromatic N) is 4. The van der Waals surface area contributed by atoms with Crippen LogP contribution in [0.2, 0.25) is 5.02 Å². The molecule has 0 saturated heterocycles. The highest BCUT2D eigenvalue weighted by atomic mass is 35.5. The number of hydrogen-bond acceptors (Lipinski definition) is 4. The van der Waals surface area contributed by atoms with Crippen molar-refractivity contribution in [1.82, 2.24) is 19.7 Å². The maximum atomic E-state index is 13.3. The van der Waals surface area contributed by atoms with Crippen LogP contribution in [0.25, 0.3) is 22.3 Å². The lowest BCUT2D eigenvalue weighted by atomic mass is 10.1. The molecule has 0 radical (unpaired) electrons. The number of fused-ring (bicyclic) bond motifs is 1. The summed E-state index contributed by atoms with van der Waals surface area (Å²) in [6.07, 6.45) is 2.96. The van der Waals surface area contributed by atoms with Crippen molar-refractivity contribution in [2.45, 2.75) is 6.54 Å². The number of rotatable bonds is 3. The molecule has 0 unspecified atom stereocenters. The Morgan fingerprint density at radius 1 is 0.923 bits per heavy atom. The monoisotopic (exact) mass is 366 g/mol. The van der Waals surface area contributed by atoms with Crippen molar-refractivity contribution in [3.63, 3.8) is 0 Å². The fourth-order valence-corrected chi connectivity index (χ4v) is 2.80. The van der Waals surface area contributed by atoms with Crippen LogP contribution in [0.4, 0.5) is 4.39 Å². The van der Waals surface area contributed by atoms with Crippen LogP contribution in [0, 0.1) is 5.82 Å². The first-order valence-corrected chi connectivity index (χ1v) is 8.22. The summed E-state index contributed by atoms with van der Waals surface area (Å²) >= 11 is 5.91. The SMILES string of the molecule is O=c1c2nccnc2c(-c2ccc(F)cc2)nn1Cc1ccc(Cl)cc1. The molecule has 2 heterocycles. The molecule has 26 heavy (non-hydrogen) atoms. The molecule has 128 valence electrons. The third-order valence-electron chi connectivity index (χ3n) is 3.94. The minimum absolute atomic E-state index is 0.218. The standard InChI is InChI=1S/C19H12ClFN4O/c20-14-5-1-12(2-6-14)11-25-19(26)18-17(22-9-10-23-18)16(24-25)13-3-7-15(21)8-4-13/h1-10H,11H2. The summed E-state index contributed by atoms with van der Waals surface area (Å²) in [7, 11) is 0. The molecule has 7 heteroatoms. The average molecular weight is 367 g/mol. The van der Waals surface area contributed by atoms with Gasteiger partial charge in [0.2, 0.25) is 0 Å². The maximum absolute atomic E-state index is 13.3. The Bertz CT molecular complexity index is 1140. The van der Waals surface area contributed by atoms with E-state index in [-0.39, 0.29) is 23.4 Å². The van der Waals surface area contributed by atoms with Crippen LogP contribution in [0.15, 0.2) is 65.7 Å². The predicted octanol–water partition coefficient (Wildman–Crippen LogP) is 3.69. The van der Waals surface area contributed by atoms with Gasteiger partial charge in [0.05, 0.1) is 6.54 Å². The van der Waals surface area contributed by atoms with Gasteiger partial charge in [-0.05, 0) is 42.0 Å². The van der Waals surface area contributed by atoms with Gasteiger partial charge >= 0.3 is 0 Å². The van der Waals surface area contributed by atoms with Gasteiger partial charge in [-0.2, -0.15) is 5.10 Å². The zero-order chi connectivity index (χ0) is 18.1. The fraction of sp³-hybridized carbons (Fsp3) is 0.0526. The van der Waals surface area contributed by atoms with Gasteiger partial charge in [0.1, 0.15) is 17.0 Å². The fourth-order valence-electron chi connectivity index (χ4n) is 2.68. The first-order chi connectivity index (χ1) is 12.6. The van der Waals surface area contributed by atoms with E-state index in [1.54, 1.807) is 24.3 Å². The summed E-state index contributed by atoms with van der Waals surface area (Å²) in [6, 6.07) is 13.0. The van der Waals surface area contributed by atoms with Crippen LogP contribution in [-0.2, 0) is 6.54 Å². The molecule has 0 aliphatic heterocycles. The highest BCUT2D eigenvalue weighted by Crippen LogP contribution is 2.22. The highest BCUT2D eigenvalue weighted by molar-refractivity contribution is 6.30. The minimum atomic E-state index is -0.348. The third-order valence-corrected chi connectivity index (χ3v) is 4.20. The summed E-state index contributed by atoms with van der Waals surface area (Å²) in [5.74, 6) is -0.348. The summed E-state index contributed by atoms with van der Waals surface area (Å²) in [6.45, 7) is 0.261. The summed E-state index contributed by atoms with van der Waals surface area (Å²) in [5.41, 5.74) is 2.27. The molecular weight excluding hydrogens is 355 g/mol. The number of aromatic nitrogens is 4. The lowest BCUT2D eigenvalue weighted by Crippen LogP contribution is -2.25. The molecule has 0 bridgehead atoms. The Morgan fingerprint density at radius 3 is 2.27 bits per heavy atom. The normalized spacial score (nSPS) is 11.0. The molecule has 4 rings (SSSR count). The van der Waals surface area contributed by atoms with E-state index in [1.807, 2.05) is 12.1 Å². The second-order valence-corrected chi connectivity index (χ2v) is 6.13. The van der Waals surface area contributed by atoms with E-state index >= 15 is 0 Å². The quantitative estimate of drug-likeness (QED) is 0.554. The van der Waals surface area contributed by atoms with E-state index in [2.05, 4.69) is 15.1 Å². The zero-order valence-corrected chi connectivity index (χ0v) is 14.2. The summed E-state index contributed by atoms with van der Waals surface area (Å²) in [5, 5.41) is 5.08. The maximum Gasteiger partial charge on any atom is 0.295 e. The molecular formula is C19H12ClFN4O. The van der Waals surface area contributed by atoms with Gasteiger partial charge in [-0.3, -0.25) is 9.78 Å². The van der Waals surface area contributed by atoms with E-state index in [1.165, 1.54) is 29.2 Å². The topological polar surface area (TPSA) is 60.7 Å². The van der Waals surface area contributed by atoms with Crippen molar-refractivity contribution >= 4 is 22.6 Å². The van der Waals surface area contributed by atoms with Gasteiger partial charge in [0, 0.05) is 23.0 Å². The Kier molecular flexibility index (Phi) is 4.18. The van der Waals surface area contributed by atoms with Crippen molar-refractivity contribution < 1.29 is 4.39 Å². The molecule has 0 fully saturated rings. The molecule has 0 aliphatic rings. The zero-order valence-electron chi connectivity index (χ0n) is 13.4. The Labute approximate surface area is 152 Å². The van der Waals surface area contributed by atoms with Crippen molar-refractivity contribution in [2.75, 3.05) is 0 Å². The van der Waals surface area contributed by atoms with E-state index in [9.17, 15) is 9.18 Å². The van der Waals surface area contributed by atoms with Gasteiger partial charge in [-0.1, -0.05) is 23.7 Å². The Morgan fingerprint density at radius 2 is 1.58 bits per heavy atom. The molecule has 2 aromatic heterocycles. The molecule has 0 spiro atoms. The second kappa shape index (κ2) is 6.65. The van der Waals surface area contributed by atoms with Crippen LogP contribution >= 0.6 is 11.6 Å². The highest BCUT2D eigenvalue weighted by Gasteiger charge is 2.14. The first-order valence-electron chi connectivity index (χ1n) is 7.84. The van der Waals surface area contributed by atoms with Crippen LogP contribution in [-0.4, -0.2) is 19.7 Å². The van der Waals surface area contributed by atoms with E-state index in [0.29, 0.717) is 21.8 Å². The minimum Gasteiger partial charge on any atom is -0.265 e. The van der Waals surface area contributed by atoms with Gasteiger partial charge in [-0.15, -0.1) is 0 Å². The first kappa shape index (κ1) is 16.4. The number of halogens is 2. The summed E-state index contributed by atoms with van der Waals surface area (Å²) in [4.78, 5) is 21.2. The van der Waals surface area contributed by atoms with Crippen LogP contribution < -0.4 is 5.56 Å². The van der Waals surface area contributed by atoms with E-state index < -0.39 is 0 Å². The molecule has 0 amide bonds. The third kappa shape index (κ3) is 3.07. The molecule has 0 aliphatic carbocycles. The smallest absolute Gasteiger partial charge is 0.265 e. The van der Waals surface area contributed by atoms with Crippen LogP contribution in [0.3, 0.4) is 0 Å². The molecule has 0 saturated carbocycles. The second-order valence-electron chi connectivity index (χ2n) is 5.70. The molecule has 0 atom stereocenters. The van der Waals surface area contributed by atoms with Gasteiger partial charge in [0.25, 0.3) is 5.56 Å². The molecule has 0 N–H and O–H groups in total. The summed E-state index contributed by atoms with van der Waals surface area (Å²) < 4.78 is 14.6. The predicted molar refractivity (Wildman–Crippen MR) is 97.5 cm³/mol. The van der Waals surface area contributed by atoms with Crippen molar-refractivity contribution in [1.29, 1.82) is 0 Å². The van der Waals surface area contributed by atoms with Crippen molar-refractivity contribution in [2.24, 2.45) is 0 Å². The Balaban J connectivity index is 1.90. The van der Waals surface area contributed by atoms with Crippen molar-refractivity contribution in [3.05, 3.63) is 87.7 Å². The van der Waals surface area contributed by atoms with E-state index in [4.69, 9.17) is 11.6 Å². The van der Waals surface area contributed by atoms with Crippen LogP contribution in [0.5, 0.6) is 0 Å².